The Kier molecular flexibility index (Phi) is 9.57. The van der Waals surface area contributed by atoms with Crippen molar-refractivity contribution >= 4 is 75.1 Å². The molecule has 0 spiro atoms. The molecule has 0 saturated carbocycles. The Labute approximate surface area is 247 Å². The van der Waals surface area contributed by atoms with Gasteiger partial charge in [-0.15, -0.1) is 34.4 Å². The van der Waals surface area contributed by atoms with Crippen LogP contribution >= 0.6 is 34.4 Å². The minimum atomic E-state index is -0.960. The van der Waals surface area contributed by atoms with E-state index in [2.05, 4.69) is 20.4 Å². The highest BCUT2D eigenvalue weighted by Crippen LogP contribution is 2.41. The van der Waals surface area contributed by atoms with Crippen molar-refractivity contribution in [2.45, 2.75) is 32.2 Å². The van der Waals surface area contributed by atoms with Crippen LogP contribution < -0.4 is 11.1 Å². The highest BCUT2D eigenvalue weighted by atomic mass is 32.2. The van der Waals surface area contributed by atoms with E-state index in [9.17, 15) is 19.2 Å². The van der Waals surface area contributed by atoms with Gasteiger partial charge in [0.1, 0.15) is 29.9 Å². The van der Waals surface area contributed by atoms with Crippen molar-refractivity contribution in [3.8, 4) is 0 Å². The Bertz CT molecular complexity index is 1490. The molecule has 41 heavy (non-hydrogen) atoms. The minimum absolute atomic E-state index is 0.000436. The molecule has 4 rings (SSSR count). The lowest BCUT2D eigenvalue weighted by atomic mass is 10.0. The number of carbonyl (C=O) groups excluding carboxylic acids is 4. The lowest BCUT2D eigenvalue weighted by Crippen LogP contribution is -2.71. The van der Waals surface area contributed by atoms with Gasteiger partial charge in [0.2, 0.25) is 6.79 Å². The predicted molar refractivity (Wildman–Crippen MR) is 154 cm³/mol. The SMILES string of the molecule is CC=C(C)C(=O)OCOC(=O)C1=C(C=Cc2scnc2C)CSC2C(NC(=O)C(=NOC)c3csc(N)n3)C(=O)N12. The third-order valence-electron chi connectivity index (χ3n) is 5.99. The summed E-state index contributed by atoms with van der Waals surface area (Å²) in [5, 5.41) is 7.58. The van der Waals surface area contributed by atoms with Crippen molar-refractivity contribution in [2.24, 2.45) is 5.16 Å². The van der Waals surface area contributed by atoms with Crippen LogP contribution in [0.15, 0.2) is 45.0 Å². The number of nitrogen functional groups attached to an aromatic ring is 1. The van der Waals surface area contributed by atoms with Gasteiger partial charge in [0.15, 0.2) is 10.8 Å². The van der Waals surface area contributed by atoms with Crippen molar-refractivity contribution in [3.05, 3.63) is 56.2 Å². The van der Waals surface area contributed by atoms with E-state index >= 15 is 0 Å². The van der Waals surface area contributed by atoms with Gasteiger partial charge in [-0.25, -0.2) is 19.6 Å². The summed E-state index contributed by atoms with van der Waals surface area (Å²) in [4.78, 5) is 66.8. The van der Waals surface area contributed by atoms with Crippen molar-refractivity contribution in [3.63, 3.8) is 0 Å². The second kappa shape index (κ2) is 13.1. The summed E-state index contributed by atoms with van der Waals surface area (Å²) in [5.74, 6) is -2.37. The summed E-state index contributed by atoms with van der Waals surface area (Å²) >= 11 is 3.91. The maximum Gasteiger partial charge on any atom is 0.358 e. The lowest BCUT2D eigenvalue weighted by Gasteiger charge is -2.49. The normalized spacial score (nSPS) is 19.1. The Balaban J connectivity index is 1.55. The first kappa shape index (κ1) is 30.0. The highest BCUT2D eigenvalue weighted by Gasteiger charge is 2.54. The molecule has 0 bridgehead atoms. The Morgan fingerprint density at radius 3 is 2.68 bits per heavy atom. The summed E-state index contributed by atoms with van der Waals surface area (Å²) in [6, 6.07) is -0.960. The number of nitrogens with zero attached hydrogens (tertiary/aromatic N) is 4. The molecule has 2 aromatic rings. The number of nitrogens with two attached hydrogens (primary N) is 1. The maximum atomic E-state index is 13.3. The van der Waals surface area contributed by atoms with Gasteiger partial charge in [-0.05, 0) is 32.4 Å². The molecule has 2 unspecified atom stereocenters. The van der Waals surface area contributed by atoms with E-state index in [-0.39, 0.29) is 22.2 Å². The first-order chi connectivity index (χ1) is 19.7. The third kappa shape index (κ3) is 6.49. The van der Waals surface area contributed by atoms with E-state index in [0.717, 1.165) is 21.9 Å². The lowest BCUT2D eigenvalue weighted by molar-refractivity contribution is -0.165. The number of hydrogen-bond acceptors (Lipinski definition) is 14. The van der Waals surface area contributed by atoms with Gasteiger partial charge < -0.3 is 25.4 Å². The zero-order chi connectivity index (χ0) is 29.7. The second-order valence-electron chi connectivity index (χ2n) is 8.52. The number of esters is 2. The summed E-state index contributed by atoms with van der Waals surface area (Å²) in [6.07, 6.45) is 5.10. The molecule has 216 valence electrons. The molecule has 0 aromatic carbocycles. The quantitative estimate of drug-likeness (QED) is 0.0997. The average Bonchev–Trinajstić information content (AvgIpc) is 3.59. The van der Waals surface area contributed by atoms with E-state index in [1.54, 1.807) is 36.9 Å². The molecule has 1 saturated heterocycles. The summed E-state index contributed by atoms with van der Waals surface area (Å²) in [7, 11) is 1.28. The average molecular weight is 619 g/mol. The van der Waals surface area contributed by atoms with Crippen LogP contribution in [0, 0.1) is 6.92 Å². The molecule has 13 nitrogen and oxygen atoms in total. The highest BCUT2D eigenvalue weighted by molar-refractivity contribution is 8.00. The predicted octanol–water partition coefficient (Wildman–Crippen LogP) is 2.22. The number of thioether (sulfide) groups is 1. The molecular weight excluding hydrogens is 593 g/mol. The molecular formula is C25H26N6O7S3. The standard InChI is InChI=1S/C25H26N6O7S3/c1-5-12(2)23(34)37-11-38-24(35)19-14(6-7-16-13(3)27-10-41-16)8-39-22-18(21(33)31(19)22)29-20(32)17(30-36-4)15-9-40-25(26)28-15/h5-7,9-10,18,22H,8,11H2,1-4H3,(H2,26,28)(H,29,32). The monoisotopic (exact) mass is 618 g/mol. The largest absolute Gasteiger partial charge is 0.424 e. The number of fused-ring (bicyclic) bond motifs is 1. The molecule has 1 fully saturated rings. The molecule has 2 amide bonds. The number of carbonyl (C=O) groups is 4. The number of hydrogen-bond donors (Lipinski definition) is 2. The van der Waals surface area contributed by atoms with Gasteiger partial charge in [0.05, 0.1) is 11.2 Å². The molecule has 16 heteroatoms. The van der Waals surface area contributed by atoms with Crippen LogP contribution in [0.4, 0.5) is 5.13 Å². The van der Waals surface area contributed by atoms with Crippen LogP contribution in [0.2, 0.25) is 0 Å². The number of anilines is 1. The van der Waals surface area contributed by atoms with E-state index in [0.29, 0.717) is 16.9 Å². The number of β-lactam (4-membered cyclic amide) rings is 1. The fourth-order valence-corrected chi connectivity index (χ4v) is 6.31. The number of ether oxygens (including phenoxy) is 2. The van der Waals surface area contributed by atoms with Crippen molar-refractivity contribution in [1.29, 1.82) is 0 Å². The van der Waals surface area contributed by atoms with Crippen LogP contribution in [-0.2, 0) is 33.5 Å². The van der Waals surface area contributed by atoms with E-state index in [1.165, 1.54) is 35.1 Å². The Morgan fingerprint density at radius 2 is 2.05 bits per heavy atom. The van der Waals surface area contributed by atoms with E-state index in [4.69, 9.17) is 20.0 Å². The molecule has 0 radical (unpaired) electrons. The van der Waals surface area contributed by atoms with Gasteiger partial charge in [-0.2, -0.15) is 0 Å². The number of allylic oxidation sites excluding steroid dienone is 2. The van der Waals surface area contributed by atoms with Gasteiger partial charge >= 0.3 is 11.9 Å². The van der Waals surface area contributed by atoms with Crippen molar-refractivity contribution in [2.75, 3.05) is 25.4 Å². The molecule has 4 heterocycles. The van der Waals surface area contributed by atoms with Crippen molar-refractivity contribution < 1.29 is 33.5 Å². The van der Waals surface area contributed by atoms with Crippen LogP contribution in [0.25, 0.3) is 6.08 Å². The number of amides is 2. The number of oxime groups is 1. The smallest absolute Gasteiger partial charge is 0.358 e. The number of aromatic nitrogens is 2. The number of thiazole rings is 2. The number of rotatable bonds is 10. The topological polar surface area (TPSA) is 175 Å². The van der Waals surface area contributed by atoms with Gasteiger partial charge in [0.25, 0.3) is 11.8 Å². The summed E-state index contributed by atoms with van der Waals surface area (Å²) < 4.78 is 10.2. The molecule has 2 aliphatic heterocycles. The van der Waals surface area contributed by atoms with Gasteiger partial charge in [-0.3, -0.25) is 14.5 Å². The molecule has 2 aromatic heterocycles. The fourth-order valence-electron chi connectivity index (χ4n) is 3.75. The van der Waals surface area contributed by atoms with E-state index in [1.807, 2.05) is 13.0 Å². The molecule has 3 N–H and O–H groups in total. The zero-order valence-electron chi connectivity index (χ0n) is 22.4. The fraction of sp³-hybridized carbons (Fsp3) is 0.320. The molecule has 2 aliphatic rings. The van der Waals surface area contributed by atoms with Crippen LogP contribution in [0.1, 0.15) is 30.1 Å². The third-order valence-corrected chi connectivity index (χ3v) is 8.87. The molecule has 0 aliphatic carbocycles. The van der Waals surface area contributed by atoms with Crippen LogP contribution in [0.5, 0.6) is 0 Å². The minimum Gasteiger partial charge on any atom is -0.424 e. The Morgan fingerprint density at radius 1 is 1.27 bits per heavy atom. The summed E-state index contributed by atoms with van der Waals surface area (Å²) in [5.41, 5.74) is 9.14. The Hall–Kier alpha value is -4.02. The first-order valence-electron chi connectivity index (χ1n) is 12.0. The van der Waals surface area contributed by atoms with Crippen LogP contribution in [0.3, 0.4) is 0 Å². The second-order valence-corrected chi connectivity index (χ2v) is 11.4. The van der Waals surface area contributed by atoms with Crippen molar-refractivity contribution in [1.82, 2.24) is 20.2 Å². The number of nitrogens with one attached hydrogen (secondary N) is 1. The zero-order valence-corrected chi connectivity index (χ0v) is 24.9. The maximum absolute atomic E-state index is 13.3. The van der Waals surface area contributed by atoms with Crippen LogP contribution in [-0.4, -0.2) is 75.4 Å². The first-order valence-corrected chi connectivity index (χ1v) is 14.8. The molecule has 2 atom stereocenters. The van der Waals surface area contributed by atoms with E-state index < -0.39 is 42.0 Å². The van der Waals surface area contributed by atoms with Gasteiger partial charge in [0, 0.05) is 21.6 Å². The number of aryl methyl sites for hydroxylation is 1. The summed E-state index contributed by atoms with van der Waals surface area (Å²) in [6.45, 7) is 4.47. The van der Waals surface area contributed by atoms with Gasteiger partial charge in [-0.1, -0.05) is 17.3 Å².